The first-order valence-corrected chi connectivity index (χ1v) is 12.9. The second-order valence-electron chi connectivity index (χ2n) is 9.26. The van der Waals surface area contributed by atoms with Gasteiger partial charge in [-0.3, -0.25) is 14.3 Å². The number of fused-ring (bicyclic) bond motifs is 1. The van der Waals surface area contributed by atoms with Crippen LogP contribution in [-0.2, 0) is 18.4 Å². The SMILES string of the molecule is Cc1ccc(NC(=O)Cn2c(O)c(N=NC(=S)Nc3c(C)n(C)n(-c4ccccc4)c3=O)c3ccccc32)cc1. The average molecular weight is 554 g/mol. The summed E-state index contributed by atoms with van der Waals surface area (Å²) in [4.78, 5) is 25.9. The van der Waals surface area contributed by atoms with E-state index < -0.39 is 0 Å². The Morgan fingerprint density at radius 1 is 0.950 bits per heavy atom. The van der Waals surface area contributed by atoms with Gasteiger partial charge in [-0.1, -0.05) is 54.1 Å². The summed E-state index contributed by atoms with van der Waals surface area (Å²) in [5.74, 6) is -0.538. The van der Waals surface area contributed by atoms with E-state index in [1.165, 1.54) is 9.25 Å². The number of anilines is 2. The maximum atomic E-state index is 13.2. The van der Waals surface area contributed by atoms with E-state index in [2.05, 4.69) is 20.9 Å². The fourth-order valence-corrected chi connectivity index (χ4v) is 4.59. The van der Waals surface area contributed by atoms with Crippen molar-refractivity contribution in [2.24, 2.45) is 17.3 Å². The second kappa shape index (κ2) is 11.0. The molecule has 0 unspecified atom stereocenters. The second-order valence-corrected chi connectivity index (χ2v) is 9.64. The third-order valence-corrected chi connectivity index (χ3v) is 6.77. The molecule has 0 radical (unpaired) electrons. The number of aryl methyl sites for hydroxylation is 1. The molecule has 202 valence electrons. The normalized spacial score (nSPS) is 11.3. The molecule has 0 atom stereocenters. The molecule has 3 aromatic carbocycles. The monoisotopic (exact) mass is 553 g/mol. The van der Waals surface area contributed by atoms with Crippen LogP contribution in [0.15, 0.2) is 93.9 Å². The number of nitrogens with zero attached hydrogens (tertiary/aromatic N) is 5. The number of hydrogen-bond donors (Lipinski definition) is 3. The molecule has 0 bridgehead atoms. The molecule has 3 N–H and O–H groups in total. The van der Waals surface area contributed by atoms with E-state index in [9.17, 15) is 14.7 Å². The molecule has 0 saturated carbocycles. The summed E-state index contributed by atoms with van der Waals surface area (Å²) in [6.45, 7) is 3.62. The van der Waals surface area contributed by atoms with Crippen LogP contribution >= 0.6 is 12.2 Å². The Balaban J connectivity index is 1.39. The highest BCUT2D eigenvalue weighted by Gasteiger charge is 2.20. The number of benzene rings is 3. The lowest BCUT2D eigenvalue weighted by atomic mass is 10.2. The van der Waals surface area contributed by atoms with E-state index >= 15 is 0 Å². The van der Waals surface area contributed by atoms with Gasteiger partial charge in [-0.2, -0.15) is 0 Å². The highest BCUT2D eigenvalue weighted by Crippen LogP contribution is 2.38. The van der Waals surface area contributed by atoms with Gasteiger partial charge in [0.1, 0.15) is 12.2 Å². The van der Waals surface area contributed by atoms with Crippen molar-refractivity contribution in [3.05, 3.63) is 100 Å². The van der Waals surface area contributed by atoms with E-state index in [0.29, 0.717) is 28.0 Å². The number of aromatic hydroxyl groups is 1. The molecule has 10 nitrogen and oxygen atoms in total. The molecule has 5 aromatic rings. The fraction of sp³-hybridized carbons (Fsp3) is 0.138. The predicted molar refractivity (Wildman–Crippen MR) is 160 cm³/mol. The van der Waals surface area contributed by atoms with E-state index in [0.717, 1.165) is 5.56 Å². The Morgan fingerprint density at radius 2 is 1.62 bits per heavy atom. The van der Waals surface area contributed by atoms with Gasteiger partial charge in [-0.15, -0.1) is 10.2 Å². The minimum Gasteiger partial charge on any atom is -0.493 e. The Morgan fingerprint density at radius 3 is 2.35 bits per heavy atom. The van der Waals surface area contributed by atoms with Gasteiger partial charge in [0.2, 0.25) is 16.9 Å². The van der Waals surface area contributed by atoms with E-state index in [4.69, 9.17) is 12.2 Å². The summed E-state index contributed by atoms with van der Waals surface area (Å²) in [6, 6.07) is 23.9. The van der Waals surface area contributed by atoms with E-state index in [1.807, 2.05) is 61.5 Å². The first-order valence-electron chi connectivity index (χ1n) is 12.5. The zero-order valence-corrected chi connectivity index (χ0v) is 22.9. The largest absolute Gasteiger partial charge is 0.493 e. The van der Waals surface area contributed by atoms with Crippen molar-refractivity contribution < 1.29 is 9.90 Å². The summed E-state index contributed by atoms with van der Waals surface area (Å²) in [6.07, 6.45) is 0. The number of rotatable bonds is 6. The minimum atomic E-state index is -0.310. The molecule has 0 spiro atoms. The fourth-order valence-electron chi connectivity index (χ4n) is 4.45. The highest BCUT2D eigenvalue weighted by molar-refractivity contribution is 7.80. The Labute approximate surface area is 235 Å². The van der Waals surface area contributed by atoms with Gasteiger partial charge in [-0.25, -0.2) is 4.68 Å². The van der Waals surface area contributed by atoms with Crippen LogP contribution in [0, 0.1) is 13.8 Å². The number of hydrogen-bond acceptors (Lipinski definition) is 5. The van der Waals surface area contributed by atoms with Gasteiger partial charge in [0, 0.05) is 18.1 Å². The zero-order valence-electron chi connectivity index (χ0n) is 22.1. The molecule has 0 aliphatic heterocycles. The first-order chi connectivity index (χ1) is 19.2. The number of nitrogens with one attached hydrogen (secondary N) is 2. The van der Waals surface area contributed by atoms with Crippen LogP contribution in [-0.4, -0.2) is 30.1 Å². The summed E-state index contributed by atoms with van der Waals surface area (Å²) in [7, 11) is 1.78. The van der Waals surface area contributed by atoms with Gasteiger partial charge in [0.15, 0.2) is 5.69 Å². The Kier molecular flexibility index (Phi) is 7.30. The smallest absolute Gasteiger partial charge is 0.295 e. The number of amides is 1. The van der Waals surface area contributed by atoms with Gasteiger partial charge in [-0.05, 0) is 56.4 Å². The molecule has 11 heteroatoms. The lowest BCUT2D eigenvalue weighted by Gasteiger charge is -2.08. The highest BCUT2D eigenvalue weighted by atomic mass is 32.1. The third kappa shape index (κ3) is 5.14. The number of para-hydroxylation sites is 2. The maximum absolute atomic E-state index is 13.2. The van der Waals surface area contributed by atoms with Gasteiger partial charge < -0.3 is 20.3 Å². The van der Waals surface area contributed by atoms with Gasteiger partial charge in [0.25, 0.3) is 5.56 Å². The van der Waals surface area contributed by atoms with E-state index in [1.54, 1.807) is 42.9 Å². The summed E-state index contributed by atoms with van der Waals surface area (Å²) < 4.78 is 4.71. The van der Waals surface area contributed by atoms with Crippen LogP contribution in [0.5, 0.6) is 5.88 Å². The van der Waals surface area contributed by atoms with Crippen LogP contribution in [0.4, 0.5) is 17.1 Å². The molecule has 0 saturated heterocycles. The molecule has 1 amide bonds. The number of carbonyl (C=O) groups excluding carboxylic acids is 1. The van der Waals surface area contributed by atoms with Crippen molar-refractivity contribution in [1.82, 2.24) is 13.9 Å². The van der Waals surface area contributed by atoms with Crippen LogP contribution in [0.25, 0.3) is 16.6 Å². The molecular weight excluding hydrogens is 526 g/mol. The number of carbonyl (C=O) groups is 1. The molecular formula is C29H27N7O3S. The first kappa shape index (κ1) is 26.6. The molecule has 0 aliphatic rings. The predicted octanol–water partition coefficient (Wildman–Crippen LogP) is 5.57. The average Bonchev–Trinajstić information content (AvgIpc) is 3.33. The number of aromatic nitrogens is 3. The molecule has 40 heavy (non-hydrogen) atoms. The van der Waals surface area contributed by atoms with Crippen molar-refractivity contribution in [3.8, 4) is 11.6 Å². The topological polar surface area (TPSA) is 118 Å². The van der Waals surface area contributed by atoms with Crippen LogP contribution in [0.1, 0.15) is 11.3 Å². The minimum absolute atomic E-state index is 0.0562. The number of azo groups is 1. The van der Waals surface area contributed by atoms with Crippen molar-refractivity contribution >= 4 is 51.2 Å². The molecule has 2 aromatic heterocycles. The van der Waals surface area contributed by atoms with E-state index in [-0.39, 0.29) is 40.4 Å². The summed E-state index contributed by atoms with van der Waals surface area (Å²) in [5.41, 5.74) is 3.86. The van der Waals surface area contributed by atoms with Gasteiger partial charge >= 0.3 is 0 Å². The van der Waals surface area contributed by atoms with Crippen LogP contribution in [0.2, 0.25) is 0 Å². The van der Waals surface area contributed by atoms with Crippen LogP contribution in [0.3, 0.4) is 0 Å². The zero-order chi connectivity index (χ0) is 28.4. The standard InChI is InChI=1S/C29H27N7O3S/c1-18-13-15-20(16-14-18)30-24(37)17-35-23-12-8-7-11-22(23)26(27(35)38)32-33-29(40)31-25-19(2)34(3)36(28(25)39)21-9-5-4-6-10-21/h4-16,38H,17H2,1-3H3,(H,30,37)(H,31,40). The summed E-state index contributed by atoms with van der Waals surface area (Å²) in [5, 5.41) is 25.6. The Hall–Kier alpha value is -5.03. The molecule has 0 aliphatic carbocycles. The molecule has 2 heterocycles. The molecule has 0 fully saturated rings. The van der Waals surface area contributed by atoms with Gasteiger partial charge in [0.05, 0.1) is 16.9 Å². The van der Waals surface area contributed by atoms with Crippen molar-refractivity contribution in [2.75, 3.05) is 10.6 Å². The molecule has 5 rings (SSSR count). The van der Waals surface area contributed by atoms with Crippen molar-refractivity contribution in [1.29, 1.82) is 0 Å². The number of thiocarbonyl (C=S) groups is 1. The maximum Gasteiger partial charge on any atom is 0.295 e. The van der Waals surface area contributed by atoms with Crippen molar-refractivity contribution in [3.63, 3.8) is 0 Å². The van der Waals surface area contributed by atoms with Crippen molar-refractivity contribution in [2.45, 2.75) is 20.4 Å². The van der Waals surface area contributed by atoms with Crippen LogP contribution < -0.4 is 16.2 Å². The third-order valence-electron chi connectivity index (χ3n) is 6.58. The summed E-state index contributed by atoms with van der Waals surface area (Å²) >= 11 is 5.37. The Bertz CT molecular complexity index is 1820. The lowest BCUT2D eigenvalue weighted by molar-refractivity contribution is -0.116. The lowest BCUT2D eigenvalue weighted by Crippen LogP contribution is -2.21. The quantitative estimate of drug-likeness (QED) is 0.188.